The lowest BCUT2D eigenvalue weighted by atomic mass is 10.2. The number of nitrogens with one attached hydrogen (secondary N) is 1. The Morgan fingerprint density at radius 2 is 1.89 bits per heavy atom. The van der Waals surface area contributed by atoms with E-state index in [-0.39, 0.29) is 0 Å². The molecule has 0 aliphatic carbocycles. The Morgan fingerprint density at radius 1 is 1.16 bits per heavy atom. The van der Waals surface area contributed by atoms with Gasteiger partial charge < -0.3 is 15.8 Å². The zero-order valence-electron chi connectivity index (χ0n) is 10.4. The Hall–Kier alpha value is -1.58. The van der Waals surface area contributed by atoms with Gasteiger partial charge in [-0.15, -0.1) is 0 Å². The van der Waals surface area contributed by atoms with Gasteiger partial charge in [0.2, 0.25) is 0 Å². The van der Waals surface area contributed by atoms with E-state index in [0.717, 1.165) is 11.4 Å². The molecule has 0 saturated carbocycles. The van der Waals surface area contributed by atoms with Crippen LogP contribution in [0.2, 0.25) is 10.0 Å². The summed E-state index contributed by atoms with van der Waals surface area (Å²) in [5.41, 5.74) is 8.02. The molecule has 0 amide bonds. The summed E-state index contributed by atoms with van der Waals surface area (Å²) in [6.45, 7) is 2.56. The van der Waals surface area contributed by atoms with Crippen molar-refractivity contribution in [3.63, 3.8) is 0 Å². The minimum absolute atomic E-state index is 0.438. The molecule has 2 aromatic carbocycles. The van der Waals surface area contributed by atoms with Gasteiger partial charge in [-0.05, 0) is 31.2 Å². The molecule has 2 rings (SSSR count). The maximum atomic E-state index is 5.98. The van der Waals surface area contributed by atoms with Crippen molar-refractivity contribution < 1.29 is 4.74 Å². The van der Waals surface area contributed by atoms with E-state index in [9.17, 15) is 0 Å². The molecule has 0 aliphatic rings. The number of benzene rings is 2. The van der Waals surface area contributed by atoms with Crippen LogP contribution in [0.4, 0.5) is 17.1 Å². The highest BCUT2D eigenvalue weighted by atomic mass is 35.5. The van der Waals surface area contributed by atoms with Crippen LogP contribution in [-0.2, 0) is 0 Å². The van der Waals surface area contributed by atoms with Crippen molar-refractivity contribution in [1.29, 1.82) is 0 Å². The molecule has 0 unspecified atom stereocenters. The van der Waals surface area contributed by atoms with Crippen molar-refractivity contribution in [2.75, 3.05) is 17.7 Å². The summed E-state index contributed by atoms with van der Waals surface area (Å²) < 4.78 is 5.44. The second kappa shape index (κ2) is 6.04. The third kappa shape index (κ3) is 3.46. The van der Waals surface area contributed by atoms with Crippen LogP contribution in [0.5, 0.6) is 5.75 Å². The van der Waals surface area contributed by atoms with E-state index in [2.05, 4.69) is 5.32 Å². The van der Waals surface area contributed by atoms with Crippen molar-refractivity contribution in [2.45, 2.75) is 6.92 Å². The molecule has 0 aliphatic heterocycles. The standard InChI is InChI=1S/C14H14Cl2N2O/c1-2-19-10-5-3-4-9(6-10)18-14-8-12(16)11(15)7-13(14)17/h3-8,18H,2,17H2,1H3. The van der Waals surface area contributed by atoms with E-state index < -0.39 is 0 Å². The molecule has 0 saturated heterocycles. The maximum absolute atomic E-state index is 5.98. The van der Waals surface area contributed by atoms with Crippen LogP contribution in [0.1, 0.15) is 6.92 Å². The molecule has 0 spiro atoms. The summed E-state index contributed by atoms with van der Waals surface area (Å²) in [7, 11) is 0. The SMILES string of the molecule is CCOc1cccc(Nc2cc(Cl)c(Cl)cc2N)c1. The first-order chi connectivity index (χ1) is 9.10. The molecule has 0 aromatic heterocycles. The molecule has 19 heavy (non-hydrogen) atoms. The molecule has 2 aromatic rings. The molecule has 0 heterocycles. The maximum Gasteiger partial charge on any atom is 0.121 e. The van der Waals surface area contributed by atoms with Crippen LogP contribution in [0.3, 0.4) is 0 Å². The van der Waals surface area contributed by atoms with Crippen LogP contribution >= 0.6 is 23.2 Å². The van der Waals surface area contributed by atoms with Crippen molar-refractivity contribution in [1.82, 2.24) is 0 Å². The second-order valence-corrected chi connectivity index (χ2v) is 4.75. The van der Waals surface area contributed by atoms with E-state index in [4.69, 9.17) is 33.7 Å². The Labute approximate surface area is 122 Å². The molecule has 0 atom stereocenters. The summed E-state index contributed by atoms with van der Waals surface area (Å²) in [6, 6.07) is 10.9. The van der Waals surface area contributed by atoms with Gasteiger partial charge in [0, 0.05) is 11.8 Å². The zero-order valence-corrected chi connectivity index (χ0v) is 11.9. The Morgan fingerprint density at radius 3 is 2.63 bits per heavy atom. The smallest absolute Gasteiger partial charge is 0.121 e. The minimum atomic E-state index is 0.438. The monoisotopic (exact) mass is 296 g/mol. The molecule has 3 N–H and O–H groups in total. The van der Waals surface area contributed by atoms with Crippen LogP contribution in [0, 0.1) is 0 Å². The van der Waals surface area contributed by atoms with Crippen molar-refractivity contribution >= 4 is 40.3 Å². The number of halogens is 2. The van der Waals surface area contributed by atoms with Crippen LogP contribution in [-0.4, -0.2) is 6.61 Å². The number of anilines is 3. The quantitative estimate of drug-likeness (QED) is 0.803. The van der Waals surface area contributed by atoms with Gasteiger partial charge in [-0.25, -0.2) is 0 Å². The summed E-state index contributed by atoms with van der Waals surface area (Å²) in [6.07, 6.45) is 0. The van der Waals surface area contributed by atoms with Crippen LogP contribution < -0.4 is 15.8 Å². The molecule has 100 valence electrons. The van der Waals surface area contributed by atoms with Crippen LogP contribution in [0.25, 0.3) is 0 Å². The van der Waals surface area contributed by atoms with Gasteiger partial charge in [-0.2, -0.15) is 0 Å². The molecular weight excluding hydrogens is 283 g/mol. The molecule has 0 fully saturated rings. The van der Waals surface area contributed by atoms with E-state index in [1.54, 1.807) is 12.1 Å². The highest BCUT2D eigenvalue weighted by Crippen LogP contribution is 2.33. The number of hydrogen-bond acceptors (Lipinski definition) is 3. The summed E-state index contributed by atoms with van der Waals surface area (Å²) in [4.78, 5) is 0. The molecule has 0 radical (unpaired) electrons. The second-order valence-electron chi connectivity index (χ2n) is 3.94. The number of hydrogen-bond donors (Lipinski definition) is 2. The normalized spacial score (nSPS) is 10.3. The van der Waals surface area contributed by atoms with Gasteiger partial charge in [0.15, 0.2) is 0 Å². The third-order valence-electron chi connectivity index (χ3n) is 2.52. The fourth-order valence-corrected chi connectivity index (χ4v) is 1.99. The van der Waals surface area contributed by atoms with Crippen molar-refractivity contribution in [3.05, 3.63) is 46.4 Å². The lowest BCUT2D eigenvalue weighted by molar-refractivity contribution is 0.340. The van der Waals surface area contributed by atoms with Gasteiger partial charge in [-0.3, -0.25) is 0 Å². The van der Waals surface area contributed by atoms with Gasteiger partial charge in [0.25, 0.3) is 0 Å². The predicted molar refractivity (Wildman–Crippen MR) is 81.8 cm³/mol. The number of rotatable bonds is 4. The van der Waals surface area contributed by atoms with E-state index in [1.807, 2.05) is 31.2 Å². The lowest BCUT2D eigenvalue weighted by Gasteiger charge is -2.12. The van der Waals surface area contributed by atoms with Gasteiger partial charge in [-0.1, -0.05) is 29.3 Å². The van der Waals surface area contributed by atoms with E-state index in [1.165, 1.54) is 0 Å². The molecule has 5 heteroatoms. The summed E-state index contributed by atoms with van der Waals surface area (Å²) in [5.74, 6) is 0.797. The highest BCUT2D eigenvalue weighted by Gasteiger charge is 2.06. The number of nitrogen functional groups attached to an aromatic ring is 1. The lowest BCUT2D eigenvalue weighted by Crippen LogP contribution is -1.97. The Balaban J connectivity index is 2.25. The fourth-order valence-electron chi connectivity index (χ4n) is 1.66. The van der Waals surface area contributed by atoms with Crippen LogP contribution in [0.15, 0.2) is 36.4 Å². The zero-order chi connectivity index (χ0) is 13.8. The third-order valence-corrected chi connectivity index (χ3v) is 3.24. The van der Waals surface area contributed by atoms with Crippen molar-refractivity contribution in [3.8, 4) is 5.75 Å². The average Bonchev–Trinajstić information content (AvgIpc) is 2.37. The van der Waals surface area contributed by atoms with Gasteiger partial charge in [0.1, 0.15) is 5.75 Å². The number of nitrogens with two attached hydrogens (primary N) is 1. The highest BCUT2D eigenvalue weighted by molar-refractivity contribution is 6.42. The van der Waals surface area contributed by atoms with Crippen molar-refractivity contribution in [2.24, 2.45) is 0 Å². The summed E-state index contributed by atoms with van der Waals surface area (Å²) >= 11 is 11.9. The Kier molecular flexibility index (Phi) is 4.40. The molecule has 3 nitrogen and oxygen atoms in total. The first-order valence-electron chi connectivity index (χ1n) is 5.84. The van der Waals surface area contributed by atoms with Gasteiger partial charge in [0.05, 0.1) is 28.0 Å². The Bertz CT molecular complexity index is 588. The first-order valence-corrected chi connectivity index (χ1v) is 6.60. The largest absolute Gasteiger partial charge is 0.494 e. The topological polar surface area (TPSA) is 47.3 Å². The van der Waals surface area contributed by atoms with Gasteiger partial charge >= 0.3 is 0 Å². The van der Waals surface area contributed by atoms with E-state index >= 15 is 0 Å². The minimum Gasteiger partial charge on any atom is -0.494 e. The predicted octanol–water partition coefficient (Wildman–Crippen LogP) is 4.72. The molecular formula is C14H14Cl2N2O. The average molecular weight is 297 g/mol. The summed E-state index contributed by atoms with van der Waals surface area (Å²) in [5, 5.41) is 4.09. The molecule has 0 bridgehead atoms. The first kappa shape index (κ1) is 13.8. The number of ether oxygens (including phenoxy) is 1. The fraction of sp³-hybridized carbons (Fsp3) is 0.143. The van der Waals surface area contributed by atoms with E-state index in [0.29, 0.717) is 28.0 Å².